The van der Waals surface area contributed by atoms with Crippen LogP contribution in [-0.4, -0.2) is 65.1 Å². The lowest BCUT2D eigenvalue weighted by Gasteiger charge is -2.32. The molecule has 1 saturated heterocycles. The molecular formula is C17H21N5O3S. The molecule has 2 aromatic rings. The van der Waals surface area contributed by atoms with E-state index in [1.54, 1.807) is 17.5 Å². The standard InChI is InChI=1S/C17H21N5O3S/c1-21-6-8-22(9-7-21)15(24)10-13-11-26-17(19-13)20-16(25)18-12-2-4-14(23)5-3-12/h2-5,11,23H,6-10H2,1H3,(H2,18,19,20,25). The van der Waals surface area contributed by atoms with Gasteiger partial charge in [-0.2, -0.15) is 0 Å². The van der Waals surface area contributed by atoms with E-state index in [9.17, 15) is 14.7 Å². The fourth-order valence-corrected chi connectivity index (χ4v) is 3.28. The van der Waals surface area contributed by atoms with Crippen molar-refractivity contribution in [3.05, 3.63) is 35.3 Å². The van der Waals surface area contributed by atoms with Crippen molar-refractivity contribution in [2.24, 2.45) is 0 Å². The number of rotatable bonds is 4. The van der Waals surface area contributed by atoms with Gasteiger partial charge >= 0.3 is 6.03 Å². The van der Waals surface area contributed by atoms with Crippen LogP contribution in [0, 0.1) is 0 Å². The SMILES string of the molecule is CN1CCN(C(=O)Cc2csc(NC(=O)Nc3ccc(O)cc3)n2)CC1. The first-order valence-electron chi connectivity index (χ1n) is 8.27. The lowest BCUT2D eigenvalue weighted by atomic mass is 10.2. The van der Waals surface area contributed by atoms with Gasteiger partial charge in [0.15, 0.2) is 5.13 Å². The molecule has 26 heavy (non-hydrogen) atoms. The highest BCUT2D eigenvalue weighted by Gasteiger charge is 2.20. The normalized spacial score (nSPS) is 14.9. The number of nitrogens with one attached hydrogen (secondary N) is 2. The highest BCUT2D eigenvalue weighted by atomic mass is 32.1. The van der Waals surface area contributed by atoms with E-state index in [-0.39, 0.29) is 18.1 Å². The molecule has 3 N–H and O–H groups in total. The van der Waals surface area contributed by atoms with Crippen molar-refractivity contribution in [1.82, 2.24) is 14.8 Å². The van der Waals surface area contributed by atoms with Gasteiger partial charge in [0.1, 0.15) is 5.75 Å². The molecule has 0 bridgehead atoms. The number of hydrogen-bond donors (Lipinski definition) is 3. The predicted molar refractivity (Wildman–Crippen MR) is 101 cm³/mol. The Morgan fingerprint density at radius 3 is 2.54 bits per heavy atom. The van der Waals surface area contributed by atoms with Gasteiger partial charge in [0.25, 0.3) is 0 Å². The van der Waals surface area contributed by atoms with Crippen molar-refractivity contribution in [3.8, 4) is 5.75 Å². The minimum atomic E-state index is -0.429. The molecule has 138 valence electrons. The van der Waals surface area contributed by atoms with Crippen LogP contribution in [0.5, 0.6) is 5.75 Å². The molecule has 0 radical (unpaired) electrons. The van der Waals surface area contributed by atoms with E-state index < -0.39 is 6.03 Å². The number of aromatic nitrogens is 1. The quantitative estimate of drug-likeness (QED) is 0.708. The maximum atomic E-state index is 12.3. The monoisotopic (exact) mass is 375 g/mol. The minimum absolute atomic E-state index is 0.0588. The lowest BCUT2D eigenvalue weighted by molar-refractivity contribution is -0.132. The molecule has 0 spiro atoms. The van der Waals surface area contributed by atoms with Crippen molar-refractivity contribution in [2.45, 2.75) is 6.42 Å². The van der Waals surface area contributed by atoms with Gasteiger partial charge in [-0.3, -0.25) is 10.1 Å². The molecule has 2 heterocycles. The van der Waals surface area contributed by atoms with Crippen molar-refractivity contribution < 1.29 is 14.7 Å². The second kappa shape index (κ2) is 8.15. The van der Waals surface area contributed by atoms with Crippen LogP contribution < -0.4 is 10.6 Å². The number of anilines is 2. The number of urea groups is 1. The van der Waals surface area contributed by atoms with E-state index in [1.165, 1.54) is 23.5 Å². The maximum Gasteiger partial charge on any atom is 0.325 e. The topological polar surface area (TPSA) is 97.8 Å². The van der Waals surface area contributed by atoms with Crippen LogP contribution in [0.4, 0.5) is 15.6 Å². The van der Waals surface area contributed by atoms with Crippen LogP contribution in [0.25, 0.3) is 0 Å². The van der Waals surface area contributed by atoms with Crippen LogP contribution in [0.3, 0.4) is 0 Å². The Morgan fingerprint density at radius 2 is 1.85 bits per heavy atom. The zero-order valence-electron chi connectivity index (χ0n) is 14.4. The van der Waals surface area contributed by atoms with Crippen LogP contribution in [0.15, 0.2) is 29.6 Å². The molecule has 1 aliphatic heterocycles. The number of amides is 3. The summed E-state index contributed by atoms with van der Waals surface area (Å²) in [5.74, 6) is 0.189. The number of thiazole rings is 1. The highest BCUT2D eigenvalue weighted by molar-refractivity contribution is 7.14. The lowest BCUT2D eigenvalue weighted by Crippen LogP contribution is -2.47. The first-order chi connectivity index (χ1) is 12.5. The van der Waals surface area contributed by atoms with Gasteiger partial charge in [-0.25, -0.2) is 9.78 Å². The number of nitrogens with zero attached hydrogens (tertiary/aromatic N) is 3. The second-order valence-corrected chi connectivity index (χ2v) is 6.99. The third kappa shape index (κ3) is 4.93. The van der Waals surface area contributed by atoms with Gasteiger partial charge in [0, 0.05) is 37.2 Å². The highest BCUT2D eigenvalue weighted by Crippen LogP contribution is 2.18. The predicted octanol–water partition coefficient (Wildman–Crippen LogP) is 1.81. The van der Waals surface area contributed by atoms with E-state index in [0.717, 1.165) is 26.2 Å². The summed E-state index contributed by atoms with van der Waals surface area (Å²) >= 11 is 1.28. The van der Waals surface area contributed by atoms with Crippen molar-refractivity contribution in [1.29, 1.82) is 0 Å². The fourth-order valence-electron chi connectivity index (χ4n) is 2.57. The van der Waals surface area contributed by atoms with Crippen molar-refractivity contribution >= 4 is 34.1 Å². The van der Waals surface area contributed by atoms with Gasteiger partial charge in [0.2, 0.25) is 5.91 Å². The summed E-state index contributed by atoms with van der Waals surface area (Å²) in [5, 5.41) is 16.7. The zero-order valence-corrected chi connectivity index (χ0v) is 15.3. The van der Waals surface area contributed by atoms with Crippen LogP contribution in [0.2, 0.25) is 0 Å². The number of carbonyl (C=O) groups is 2. The van der Waals surface area contributed by atoms with E-state index in [4.69, 9.17) is 0 Å². The van der Waals surface area contributed by atoms with E-state index in [1.807, 2.05) is 11.9 Å². The number of phenolic OH excluding ortho intramolecular Hbond substituents is 1. The Kier molecular flexibility index (Phi) is 5.69. The number of aromatic hydroxyl groups is 1. The van der Waals surface area contributed by atoms with E-state index >= 15 is 0 Å². The van der Waals surface area contributed by atoms with Gasteiger partial charge in [0.05, 0.1) is 12.1 Å². The number of benzene rings is 1. The van der Waals surface area contributed by atoms with Gasteiger partial charge in [-0.1, -0.05) is 0 Å². The summed E-state index contributed by atoms with van der Waals surface area (Å²) in [4.78, 5) is 32.7. The van der Waals surface area contributed by atoms with E-state index in [2.05, 4.69) is 20.5 Å². The molecule has 1 aliphatic rings. The third-order valence-electron chi connectivity index (χ3n) is 4.09. The molecule has 0 unspecified atom stereocenters. The molecule has 1 fully saturated rings. The Bertz CT molecular complexity index is 769. The largest absolute Gasteiger partial charge is 0.508 e. The summed E-state index contributed by atoms with van der Waals surface area (Å²) in [6.07, 6.45) is 0.238. The van der Waals surface area contributed by atoms with Gasteiger partial charge in [-0.05, 0) is 31.3 Å². The number of carbonyl (C=O) groups excluding carboxylic acids is 2. The smallest absolute Gasteiger partial charge is 0.325 e. The van der Waals surface area contributed by atoms with Crippen LogP contribution >= 0.6 is 11.3 Å². The summed E-state index contributed by atoms with van der Waals surface area (Å²) < 4.78 is 0. The molecule has 3 amide bonds. The average Bonchev–Trinajstić information content (AvgIpc) is 3.04. The summed E-state index contributed by atoms with van der Waals surface area (Å²) in [5.41, 5.74) is 1.21. The first kappa shape index (κ1) is 18.2. The molecule has 1 aromatic heterocycles. The minimum Gasteiger partial charge on any atom is -0.508 e. The summed E-state index contributed by atoms with van der Waals surface area (Å²) in [6.45, 7) is 3.24. The van der Waals surface area contributed by atoms with Crippen molar-refractivity contribution in [2.75, 3.05) is 43.9 Å². The average molecular weight is 375 g/mol. The molecule has 8 nitrogen and oxygen atoms in total. The second-order valence-electron chi connectivity index (χ2n) is 6.13. The first-order valence-corrected chi connectivity index (χ1v) is 9.15. The Labute approximate surface area is 155 Å². The fraction of sp³-hybridized carbons (Fsp3) is 0.353. The number of phenols is 1. The molecule has 3 rings (SSSR count). The van der Waals surface area contributed by atoms with E-state index in [0.29, 0.717) is 16.5 Å². The van der Waals surface area contributed by atoms with Crippen LogP contribution in [0.1, 0.15) is 5.69 Å². The Morgan fingerprint density at radius 1 is 1.15 bits per heavy atom. The molecule has 1 aromatic carbocycles. The summed E-state index contributed by atoms with van der Waals surface area (Å²) in [6, 6.07) is 5.73. The Balaban J connectivity index is 1.50. The molecule has 0 atom stereocenters. The number of hydrogen-bond acceptors (Lipinski definition) is 6. The molecule has 0 saturated carbocycles. The molecule has 0 aliphatic carbocycles. The third-order valence-corrected chi connectivity index (χ3v) is 4.89. The zero-order chi connectivity index (χ0) is 18.5. The molecule has 9 heteroatoms. The van der Waals surface area contributed by atoms with Gasteiger partial charge < -0.3 is 20.2 Å². The van der Waals surface area contributed by atoms with Gasteiger partial charge in [-0.15, -0.1) is 11.3 Å². The van der Waals surface area contributed by atoms with Crippen LogP contribution in [-0.2, 0) is 11.2 Å². The maximum absolute atomic E-state index is 12.3. The van der Waals surface area contributed by atoms with Crippen molar-refractivity contribution in [3.63, 3.8) is 0 Å². The number of piperazine rings is 1. The molecular weight excluding hydrogens is 354 g/mol. The summed E-state index contributed by atoms with van der Waals surface area (Å²) in [7, 11) is 2.05. The number of likely N-dealkylation sites (N-methyl/N-ethyl adjacent to an activating group) is 1. The Hall–Kier alpha value is -2.65.